The number of hydrogen-bond acceptors (Lipinski definition) is 3. The normalized spacial score (nSPS) is 17.8. The van der Waals surface area contributed by atoms with Crippen LogP contribution in [0.1, 0.15) is 33.6 Å². The van der Waals surface area contributed by atoms with Crippen molar-refractivity contribution in [1.82, 2.24) is 4.57 Å². The van der Waals surface area contributed by atoms with E-state index in [0.717, 1.165) is 24.7 Å². The molecule has 0 radical (unpaired) electrons. The van der Waals surface area contributed by atoms with Gasteiger partial charge in [0.15, 0.2) is 0 Å². The lowest BCUT2D eigenvalue weighted by Gasteiger charge is -2.32. The maximum Gasteiger partial charge on any atom is 0.250 e. The average molecular weight is 263 g/mol. The van der Waals surface area contributed by atoms with E-state index in [1.165, 1.54) is 12.8 Å². The number of rotatable bonds is 3. The molecule has 4 nitrogen and oxygen atoms in total. The van der Waals surface area contributed by atoms with E-state index < -0.39 is 0 Å². The van der Waals surface area contributed by atoms with Gasteiger partial charge in [-0.1, -0.05) is 6.92 Å². The van der Waals surface area contributed by atoms with E-state index in [2.05, 4.69) is 11.8 Å². The SMILES string of the molecule is CC1CCN(c2ccc(=O)n(CC(C)(C)N)c2)CC1. The highest BCUT2D eigenvalue weighted by Crippen LogP contribution is 2.22. The Morgan fingerprint density at radius 2 is 1.95 bits per heavy atom. The van der Waals surface area contributed by atoms with Gasteiger partial charge in [-0.3, -0.25) is 4.79 Å². The minimum atomic E-state index is -0.376. The number of anilines is 1. The van der Waals surface area contributed by atoms with Crippen molar-refractivity contribution in [3.8, 4) is 0 Å². The fourth-order valence-electron chi connectivity index (χ4n) is 2.54. The smallest absolute Gasteiger partial charge is 0.250 e. The zero-order valence-electron chi connectivity index (χ0n) is 12.2. The van der Waals surface area contributed by atoms with Gasteiger partial charge in [0.2, 0.25) is 0 Å². The zero-order chi connectivity index (χ0) is 14.0. The van der Waals surface area contributed by atoms with Crippen molar-refractivity contribution in [1.29, 1.82) is 0 Å². The maximum absolute atomic E-state index is 11.9. The number of nitrogens with two attached hydrogens (primary N) is 1. The van der Waals surface area contributed by atoms with E-state index in [1.807, 2.05) is 26.1 Å². The molecule has 1 aliphatic rings. The Morgan fingerprint density at radius 1 is 1.32 bits per heavy atom. The molecule has 2 N–H and O–H groups in total. The molecule has 0 atom stereocenters. The highest BCUT2D eigenvalue weighted by molar-refractivity contribution is 5.44. The molecule has 1 fully saturated rings. The first-order valence-electron chi connectivity index (χ1n) is 7.09. The van der Waals surface area contributed by atoms with Gasteiger partial charge in [0.05, 0.1) is 5.69 Å². The third-order valence-electron chi connectivity index (χ3n) is 3.69. The van der Waals surface area contributed by atoms with Crippen LogP contribution < -0.4 is 16.2 Å². The summed E-state index contributed by atoms with van der Waals surface area (Å²) in [5, 5.41) is 0. The van der Waals surface area contributed by atoms with Crippen LogP contribution in [0.2, 0.25) is 0 Å². The molecule has 19 heavy (non-hydrogen) atoms. The summed E-state index contributed by atoms with van der Waals surface area (Å²) in [5.41, 5.74) is 6.79. The van der Waals surface area contributed by atoms with Crippen molar-refractivity contribution in [2.45, 2.75) is 45.7 Å². The van der Waals surface area contributed by atoms with Gasteiger partial charge < -0.3 is 15.2 Å². The number of hydrogen-bond donors (Lipinski definition) is 1. The van der Waals surface area contributed by atoms with Crippen LogP contribution in [-0.4, -0.2) is 23.2 Å². The largest absolute Gasteiger partial charge is 0.370 e. The summed E-state index contributed by atoms with van der Waals surface area (Å²) in [4.78, 5) is 14.2. The Hall–Kier alpha value is -1.29. The number of nitrogens with zero attached hydrogens (tertiary/aromatic N) is 2. The summed E-state index contributed by atoms with van der Waals surface area (Å²) in [7, 11) is 0. The van der Waals surface area contributed by atoms with Crippen LogP contribution in [0.4, 0.5) is 5.69 Å². The Balaban J connectivity index is 2.19. The summed E-state index contributed by atoms with van der Waals surface area (Å²) in [6, 6.07) is 3.58. The minimum absolute atomic E-state index is 0.0210. The standard InChI is InChI=1S/C15H25N3O/c1-12-6-8-17(9-7-12)13-4-5-14(19)18(10-13)11-15(2,3)16/h4-5,10,12H,6-9,11,16H2,1-3H3. The van der Waals surface area contributed by atoms with E-state index in [4.69, 9.17) is 5.73 Å². The summed E-state index contributed by atoms with van der Waals surface area (Å²) in [6.45, 7) is 8.87. The first kappa shape index (κ1) is 14.1. The van der Waals surface area contributed by atoms with Crippen molar-refractivity contribution >= 4 is 5.69 Å². The fourth-order valence-corrected chi connectivity index (χ4v) is 2.54. The molecule has 0 amide bonds. The lowest BCUT2D eigenvalue weighted by Crippen LogP contribution is -2.40. The molecule has 0 unspecified atom stereocenters. The molecule has 0 spiro atoms. The quantitative estimate of drug-likeness (QED) is 0.905. The van der Waals surface area contributed by atoms with Gasteiger partial charge in [0.1, 0.15) is 0 Å². The molecule has 0 saturated carbocycles. The van der Waals surface area contributed by atoms with Crippen LogP contribution in [0.3, 0.4) is 0 Å². The second-order valence-corrected chi connectivity index (χ2v) is 6.51. The van der Waals surface area contributed by atoms with Crippen LogP contribution in [0.15, 0.2) is 23.1 Å². The van der Waals surface area contributed by atoms with Gasteiger partial charge in [-0.2, -0.15) is 0 Å². The number of piperidine rings is 1. The molecule has 2 heterocycles. The predicted octanol–water partition coefficient (Wildman–Crippen LogP) is 1.82. The van der Waals surface area contributed by atoms with Crippen molar-refractivity contribution in [3.05, 3.63) is 28.7 Å². The van der Waals surface area contributed by atoms with Gasteiger partial charge in [-0.25, -0.2) is 0 Å². The summed E-state index contributed by atoms with van der Waals surface area (Å²) < 4.78 is 1.73. The first-order valence-corrected chi connectivity index (χ1v) is 7.09. The van der Waals surface area contributed by atoms with Gasteiger partial charge in [-0.15, -0.1) is 0 Å². The Labute approximate surface area is 115 Å². The minimum Gasteiger partial charge on any atom is -0.370 e. The van der Waals surface area contributed by atoms with Crippen LogP contribution in [0.5, 0.6) is 0 Å². The van der Waals surface area contributed by atoms with E-state index in [0.29, 0.717) is 6.54 Å². The average Bonchev–Trinajstić information content (AvgIpc) is 2.31. The molecule has 1 aliphatic heterocycles. The van der Waals surface area contributed by atoms with Gasteiger partial charge >= 0.3 is 0 Å². The van der Waals surface area contributed by atoms with E-state index in [-0.39, 0.29) is 11.1 Å². The van der Waals surface area contributed by atoms with Gasteiger partial charge in [0.25, 0.3) is 5.56 Å². The summed E-state index contributed by atoms with van der Waals surface area (Å²) in [6.07, 6.45) is 4.40. The third kappa shape index (κ3) is 3.83. The lowest BCUT2D eigenvalue weighted by molar-refractivity contribution is 0.422. The Bertz CT molecular complexity index is 479. The van der Waals surface area contributed by atoms with E-state index in [1.54, 1.807) is 10.6 Å². The molecule has 0 aromatic carbocycles. The van der Waals surface area contributed by atoms with E-state index in [9.17, 15) is 4.79 Å². The van der Waals surface area contributed by atoms with Crippen molar-refractivity contribution in [2.24, 2.45) is 11.7 Å². The van der Waals surface area contributed by atoms with Crippen LogP contribution in [-0.2, 0) is 6.54 Å². The number of pyridine rings is 1. The molecule has 2 rings (SSSR count). The monoisotopic (exact) mass is 263 g/mol. The molecule has 0 bridgehead atoms. The van der Waals surface area contributed by atoms with Crippen LogP contribution in [0.25, 0.3) is 0 Å². The van der Waals surface area contributed by atoms with Crippen molar-refractivity contribution < 1.29 is 0 Å². The predicted molar refractivity (Wildman–Crippen MR) is 79.6 cm³/mol. The van der Waals surface area contributed by atoms with Crippen molar-refractivity contribution in [3.63, 3.8) is 0 Å². The molecular formula is C15H25N3O. The second-order valence-electron chi connectivity index (χ2n) is 6.51. The first-order chi connectivity index (χ1) is 8.85. The molecule has 1 aromatic rings. The second kappa shape index (κ2) is 5.37. The molecular weight excluding hydrogens is 238 g/mol. The van der Waals surface area contributed by atoms with Crippen LogP contribution >= 0.6 is 0 Å². The van der Waals surface area contributed by atoms with Crippen LogP contribution in [0, 0.1) is 5.92 Å². The summed E-state index contributed by atoms with van der Waals surface area (Å²) in [5.74, 6) is 0.810. The highest BCUT2D eigenvalue weighted by Gasteiger charge is 2.18. The highest BCUT2D eigenvalue weighted by atomic mass is 16.1. The molecule has 106 valence electrons. The number of aromatic nitrogens is 1. The maximum atomic E-state index is 11.9. The van der Waals surface area contributed by atoms with E-state index >= 15 is 0 Å². The third-order valence-corrected chi connectivity index (χ3v) is 3.69. The molecule has 1 saturated heterocycles. The van der Waals surface area contributed by atoms with Crippen molar-refractivity contribution in [2.75, 3.05) is 18.0 Å². The topological polar surface area (TPSA) is 51.3 Å². The zero-order valence-corrected chi connectivity index (χ0v) is 12.2. The fraction of sp³-hybridized carbons (Fsp3) is 0.667. The molecule has 1 aromatic heterocycles. The molecule has 0 aliphatic carbocycles. The van der Waals surface area contributed by atoms with Gasteiger partial charge in [0, 0.05) is 37.4 Å². The lowest BCUT2D eigenvalue weighted by atomic mass is 9.99. The molecule has 4 heteroatoms. The Morgan fingerprint density at radius 3 is 2.53 bits per heavy atom. The Kier molecular flexibility index (Phi) is 3.99. The summed E-state index contributed by atoms with van der Waals surface area (Å²) >= 11 is 0. The van der Waals surface area contributed by atoms with Gasteiger partial charge in [-0.05, 0) is 38.7 Å².